The van der Waals surface area contributed by atoms with Crippen molar-refractivity contribution in [2.24, 2.45) is 10.7 Å². The number of esters is 1. The molecule has 0 heterocycles. The van der Waals surface area contributed by atoms with E-state index in [2.05, 4.69) is 15.0 Å². The molecule has 0 aliphatic heterocycles. The van der Waals surface area contributed by atoms with Gasteiger partial charge in [-0.3, -0.25) is 9.79 Å². The molecular weight excluding hydrogens is 387 g/mol. The molecule has 29 heavy (non-hydrogen) atoms. The minimum atomic E-state index is -4.81. The summed E-state index contributed by atoms with van der Waals surface area (Å²) >= 11 is 0. The number of nitrogens with two attached hydrogens (primary N) is 1. The van der Waals surface area contributed by atoms with Crippen LogP contribution in [0.1, 0.15) is 24.8 Å². The lowest BCUT2D eigenvalue weighted by molar-refractivity contribution is -0.274. The van der Waals surface area contributed by atoms with Crippen LogP contribution in [0.4, 0.5) is 18.9 Å². The van der Waals surface area contributed by atoms with Crippen LogP contribution in [0.15, 0.2) is 59.6 Å². The first-order chi connectivity index (χ1) is 13.8. The zero-order valence-corrected chi connectivity index (χ0v) is 15.6. The summed E-state index contributed by atoms with van der Waals surface area (Å²) in [5.41, 5.74) is 6.67. The van der Waals surface area contributed by atoms with E-state index in [1.165, 1.54) is 18.2 Å². The van der Waals surface area contributed by atoms with E-state index in [1.54, 1.807) is 6.07 Å². The van der Waals surface area contributed by atoms with Crippen molar-refractivity contribution in [2.75, 3.05) is 11.9 Å². The van der Waals surface area contributed by atoms with E-state index in [9.17, 15) is 18.0 Å². The lowest BCUT2D eigenvalue weighted by atomic mass is 10.2. The van der Waals surface area contributed by atoms with Crippen molar-refractivity contribution in [1.82, 2.24) is 0 Å². The molecule has 0 aromatic heterocycles. The molecular formula is C20H22F3N3O3. The molecule has 0 unspecified atom stereocenters. The number of nitrogens with zero attached hydrogens (tertiary/aromatic N) is 1. The Hall–Kier alpha value is -3.23. The standard InChI is InChI=1S/C20H22F3N3O3/c21-20(22,23)29-17-11-5-4-10-16(17)26-19(24)25-13-7-6-12-18(27)28-14-15-8-2-1-3-9-15/h1-5,8-11H,6-7,12-14H2,(H3,24,25,26). The third kappa shape index (κ3) is 9.00. The van der Waals surface area contributed by atoms with E-state index in [1.807, 2.05) is 30.3 Å². The number of anilines is 1. The van der Waals surface area contributed by atoms with Gasteiger partial charge >= 0.3 is 12.3 Å². The normalized spacial score (nSPS) is 11.8. The predicted molar refractivity (Wildman–Crippen MR) is 103 cm³/mol. The quantitative estimate of drug-likeness (QED) is 0.280. The maximum atomic E-state index is 12.4. The van der Waals surface area contributed by atoms with E-state index < -0.39 is 12.1 Å². The van der Waals surface area contributed by atoms with Crippen molar-refractivity contribution in [3.05, 3.63) is 60.2 Å². The van der Waals surface area contributed by atoms with Gasteiger partial charge in [0.2, 0.25) is 0 Å². The van der Waals surface area contributed by atoms with Crippen LogP contribution in [0.3, 0.4) is 0 Å². The summed E-state index contributed by atoms with van der Waals surface area (Å²) in [6.07, 6.45) is -3.43. The second-order valence-corrected chi connectivity index (χ2v) is 6.04. The Bertz CT molecular complexity index is 811. The van der Waals surface area contributed by atoms with E-state index in [-0.39, 0.29) is 30.6 Å². The maximum absolute atomic E-state index is 12.4. The summed E-state index contributed by atoms with van der Waals surface area (Å²) in [5.74, 6) is -0.753. The topological polar surface area (TPSA) is 85.9 Å². The Morgan fingerprint density at radius 2 is 1.72 bits per heavy atom. The molecule has 0 saturated carbocycles. The van der Waals surface area contributed by atoms with Gasteiger partial charge < -0.3 is 20.5 Å². The van der Waals surface area contributed by atoms with Gasteiger partial charge in [-0.05, 0) is 30.5 Å². The molecule has 2 rings (SSSR count). The lowest BCUT2D eigenvalue weighted by Crippen LogP contribution is -2.24. The molecule has 6 nitrogen and oxygen atoms in total. The number of nitrogens with one attached hydrogen (secondary N) is 1. The summed E-state index contributed by atoms with van der Waals surface area (Å²) in [6, 6.07) is 14.9. The van der Waals surface area contributed by atoms with Crippen molar-refractivity contribution in [3.63, 3.8) is 0 Å². The van der Waals surface area contributed by atoms with Gasteiger partial charge in [-0.15, -0.1) is 13.2 Å². The smallest absolute Gasteiger partial charge is 0.461 e. The zero-order valence-electron chi connectivity index (χ0n) is 15.6. The molecule has 0 radical (unpaired) electrons. The van der Waals surface area contributed by atoms with E-state index in [0.717, 1.165) is 5.56 Å². The van der Waals surface area contributed by atoms with Gasteiger partial charge in [0.1, 0.15) is 6.61 Å². The Kier molecular flexibility index (Phi) is 8.32. The Morgan fingerprint density at radius 1 is 1.03 bits per heavy atom. The molecule has 0 aliphatic rings. The number of unbranched alkanes of at least 4 members (excludes halogenated alkanes) is 1. The number of ether oxygens (including phenoxy) is 2. The average molecular weight is 409 g/mol. The minimum Gasteiger partial charge on any atom is -0.461 e. The van der Waals surface area contributed by atoms with Crippen molar-refractivity contribution < 1.29 is 27.4 Å². The average Bonchev–Trinajstić information content (AvgIpc) is 2.67. The third-order valence-electron chi connectivity index (χ3n) is 3.69. The Balaban J connectivity index is 1.69. The van der Waals surface area contributed by atoms with Gasteiger partial charge in [-0.2, -0.15) is 0 Å². The molecule has 0 fully saturated rings. The van der Waals surface area contributed by atoms with Crippen LogP contribution in [0.2, 0.25) is 0 Å². The number of halogens is 3. The molecule has 2 aromatic rings. The first-order valence-electron chi connectivity index (χ1n) is 8.95. The van der Waals surface area contributed by atoms with Gasteiger partial charge in [0, 0.05) is 13.0 Å². The number of rotatable bonds is 9. The van der Waals surface area contributed by atoms with Crippen LogP contribution in [0.5, 0.6) is 5.75 Å². The zero-order chi connectivity index (χ0) is 21.1. The molecule has 0 aliphatic carbocycles. The van der Waals surface area contributed by atoms with Crippen molar-refractivity contribution in [3.8, 4) is 5.75 Å². The molecule has 0 saturated heterocycles. The van der Waals surface area contributed by atoms with Crippen LogP contribution in [0, 0.1) is 0 Å². The fourth-order valence-electron chi connectivity index (χ4n) is 2.35. The number of hydrogen-bond donors (Lipinski definition) is 2. The summed E-state index contributed by atoms with van der Waals surface area (Å²) in [7, 11) is 0. The fourth-order valence-corrected chi connectivity index (χ4v) is 2.35. The van der Waals surface area contributed by atoms with Crippen LogP contribution >= 0.6 is 0 Å². The van der Waals surface area contributed by atoms with Crippen LogP contribution < -0.4 is 15.8 Å². The molecule has 3 N–H and O–H groups in total. The Morgan fingerprint density at radius 3 is 2.45 bits per heavy atom. The van der Waals surface area contributed by atoms with Gasteiger partial charge in [0.05, 0.1) is 5.69 Å². The molecule has 156 valence electrons. The molecule has 0 atom stereocenters. The predicted octanol–water partition coefficient (Wildman–Crippen LogP) is 4.23. The SMILES string of the molecule is NC(=NCCCCC(=O)OCc1ccccc1)Nc1ccccc1OC(F)(F)F. The summed E-state index contributed by atoms with van der Waals surface area (Å²) in [4.78, 5) is 15.7. The number of guanidine groups is 1. The number of carbonyl (C=O) groups excluding carboxylic acids is 1. The molecule has 2 aromatic carbocycles. The fraction of sp³-hybridized carbons (Fsp3) is 0.300. The second kappa shape index (κ2) is 10.9. The van der Waals surface area contributed by atoms with Crippen LogP contribution in [-0.2, 0) is 16.1 Å². The third-order valence-corrected chi connectivity index (χ3v) is 3.69. The van der Waals surface area contributed by atoms with Crippen molar-refractivity contribution in [2.45, 2.75) is 32.2 Å². The molecule has 9 heteroatoms. The summed E-state index contributed by atoms with van der Waals surface area (Å²) in [6.45, 7) is 0.543. The van der Waals surface area contributed by atoms with E-state index >= 15 is 0 Å². The highest BCUT2D eigenvalue weighted by Gasteiger charge is 2.32. The largest absolute Gasteiger partial charge is 0.573 e. The van der Waals surface area contributed by atoms with Crippen molar-refractivity contribution in [1.29, 1.82) is 0 Å². The molecule has 0 spiro atoms. The highest BCUT2D eigenvalue weighted by Crippen LogP contribution is 2.29. The van der Waals surface area contributed by atoms with E-state index in [0.29, 0.717) is 19.4 Å². The Labute approximate surface area is 166 Å². The van der Waals surface area contributed by atoms with Gasteiger partial charge in [-0.1, -0.05) is 42.5 Å². The molecule has 0 bridgehead atoms. The first-order valence-corrected chi connectivity index (χ1v) is 8.95. The van der Waals surface area contributed by atoms with Gasteiger partial charge in [0.15, 0.2) is 11.7 Å². The summed E-state index contributed by atoms with van der Waals surface area (Å²) < 4.78 is 46.3. The number of alkyl halides is 3. The number of benzene rings is 2. The minimum absolute atomic E-state index is 0.0464. The van der Waals surface area contributed by atoms with Gasteiger partial charge in [-0.25, -0.2) is 0 Å². The number of aliphatic imine (C=N–C) groups is 1. The molecule has 0 amide bonds. The first kappa shape index (κ1) is 22.1. The van der Waals surface area contributed by atoms with Crippen LogP contribution in [-0.4, -0.2) is 24.8 Å². The van der Waals surface area contributed by atoms with Gasteiger partial charge in [0.25, 0.3) is 0 Å². The second-order valence-electron chi connectivity index (χ2n) is 6.04. The monoisotopic (exact) mass is 409 g/mol. The maximum Gasteiger partial charge on any atom is 0.573 e. The number of para-hydroxylation sites is 2. The highest BCUT2D eigenvalue weighted by molar-refractivity contribution is 5.93. The lowest BCUT2D eigenvalue weighted by Gasteiger charge is -2.14. The number of carbonyl (C=O) groups is 1. The summed E-state index contributed by atoms with van der Waals surface area (Å²) in [5, 5.41) is 2.58. The highest BCUT2D eigenvalue weighted by atomic mass is 19.4. The van der Waals surface area contributed by atoms with Crippen molar-refractivity contribution >= 4 is 17.6 Å². The number of hydrogen-bond acceptors (Lipinski definition) is 4. The van der Waals surface area contributed by atoms with Crippen LogP contribution in [0.25, 0.3) is 0 Å². The van der Waals surface area contributed by atoms with E-state index in [4.69, 9.17) is 10.5 Å².